The summed E-state index contributed by atoms with van der Waals surface area (Å²) < 4.78 is 4.87. The summed E-state index contributed by atoms with van der Waals surface area (Å²) >= 11 is 0. The number of carbonyl (C=O) groups is 2. The molecule has 0 saturated carbocycles. The zero-order valence-electron chi connectivity index (χ0n) is 8.54. The molecule has 4 heteroatoms. The first-order chi connectivity index (χ1) is 6.74. The fraction of sp³-hybridized carbons (Fsp3) is 0.800. The minimum Gasteiger partial charge on any atom is -0.464 e. The van der Waals surface area contributed by atoms with Crippen LogP contribution in [0.1, 0.15) is 39.0 Å². The molecule has 1 N–H and O–H groups in total. The Labute approximate surface area is 84.0 Å². The second-order valence-corrected chi connectivity index (χ2v) is 3.47. The number of esters is 1. The molecule has 0 bridgehead atoms. The topological polar surface area (TPSA) is 55.4 Å². The maximum absolute atomic E-state index is 11.4. The molecule has 14 heavy (non-hydrogen) atoms. The van der Waals surface area contributed by atoms with Crippen LogP contribution in [0.25, 0.3) is 0 Å². The van der Waals surface area contributed by atoms with E-state index in [4.69, 9.17) is 4.74 Å². The van der Waals surface area contributed by atoms with Gasteiger partial charge in [-0.15, -0.1) is 0 Å². The second kappa shape index (κ2) is 5.62. The normalized spacial score (nSPS) is 23.2. The van der Waals surface area contributed by atoms with Crippen molar-refractivity contribution in [3.63, 3.8) is 0 Å². The highest BCUT2D eigenvalue weighted by Crippen LogP contribution is 2.11. The van der Waals surface area contributed by atoms with Crippen LogP contribution >= 0.6 is 0 Å². The Balaban J connectivity index is 2.47. The molecule has 0 aromatic rings. The van der Waals surface area contributed by atoms with Crippen LogP contribution in [-0.4, -0.2) is 24.5 Å². The lowest BCUT2D eigenvalue weighted by molar-refractivity contribution is -0.147. The van der Waals surface area contributed by atoms with Gasteiger partial charge in [-0.3, -0.25) is 4.79 Å². The molecule has 4 nitrogen and oxygen atoms in total. The van der Waals surface area contributed by atoms with E-state index in [9.17, 15) is 9.59 Å². The average Bonchev–Trinajstić information content (AvgIpc) is 2.11. The first-order valence-electron chi connectivity index (χ1n) is 5.20. The summed E-state index contributed by atoms with van der Waals surface area (Å²) in [7, 11) is 0. The molecule has 0 aromatic carbocycles. The van der Waals surface area contributed by atoms with Gasteiger partial charge in [0.05, 0.1) is 6.61 Å². The summed E-state index contributed by atoms with van der Waals surface area (Å²) in [5.74, 6) is -0.342. The summed E-state index contributed by atoms with van der Waals surface area (Å²) in [6.07, 6.45) is 4.13. The van der Waals surface area contributed by atoms with Gasteiger partial charge in [0.25, 0.3) is 0 Å². The molecule has 1 heterocycles. The first kappa shape index (κ1) is 11.0. The molecule has 1 rings (SSSR count). The quantitative estimate of drug-likeness (QED) is 0.675. The Morgan fingerprint density at radius 3 is 3.00 bits per heavy atom. The summed E-state index contributed by atoms with van der Waals surface area (Å²) in [6, 6.07) is -0.428. The van der Waals surface area contributed by atoms with Crippen LogP contribution in [-0.2, 0) is 14.3 Å². The molecule has 0 aliphatic carbocycles. The predicted molar refractivity (Wildman–Crippen MR) is 51.6 cm³/mol. The van der Waals surface area contributed by atoms with Gasteiger partial charge < -0.3 is 10.1 Å². The highest BCUT2D eigenvalue weighted by atomic mass is 16.5. The molecular weight excluding hydrogens is 182 g/mol. The predicted octanol–water partition coefficient (Wildman–Crippen LogP) is 0.998. The summed E-state index contributed by atoms with van der Waals surface area (Å²) in [5, 5.41) is 2.69. The van der Waals surface area contributed by atoms with Gasteiger partial charge in [0, 0.05) is 6.42 Å². The molecule has 1 saturated heterocycles. The molecular formula is C10H17NO3. The third-order valence-corrected chi connectivity index (χ3v) is 2.30. The van der Waals surface area contributed by atoms with Crippen LogP contribution in [0.3, 0.4) is 0 Å². The van der Waals surface area contributed by atoms with E-state index < -0.39 is 6.04 Å². The fourth-order valence-electron chi connectivity index (χ4n) is 1.57. The lowest BCUT2D eigenvalue weighted by atomic mass is 10.0. The fourth-order valence-corrected chi connectivity index (χ4v) is 1.57. The van der Waals surface area contributed by atoms with E-state index in [2.05, 4.69) is 5.32 Å². The van der Waals surface area contributed by atoms with Crippen LogP contribution in [0.5, 0.6) is 0 Å². The number of hydrogen-bond acceptors (Lipinski definition) is 3. The number of ether oxygens (including phenoxy) is 1. The van der Waals surface area contributed by atoms with E-state index in [-0.39, 0.29) is 11.9 Å². The minimum absolute atomic E-state index is 0.0391. The Hall–Kier alpha value is -1.06. The van der Waals surface area contributed by atoms with Crippen molar-refractivity contribution in [1.82, 2.24) is 5.32 Å². The van der Waals surface area contributed by atoms with Crippen molar-refractivity contribution in [3.05, 3.63) is 0 Å². The Morgan fingerprint density at radius 1 is 1.50 bits per heavy atom. The lowest BCUT2D eigenvalue weighted by Crippen LogP contribution is -2.42. The van der Waals surface area contributed by atoms with E-state index in [1.54, 1.807) is 6.92 Å². The SMILES string of the molecule is CCOC(=O)C1CCCCCC(=O)N1. The Bertz CT molecular complexity index is 215. The van der Waals surface area contributed by atoms with Crippen LogP contribution in [0, 0.1) is 0 Å². The van der Waals surface area contributed by atoms with Gasteiger partial charge in [0.15, 0.2) is 0 Å². The molecule has 0 spiro atoms. The minimum atomic E-state index is -0.428. The number of hydrogen-bond donors (Lipinski definition) is 1. The molecule has 0 aromatic heterocycles. The summed E-state index contributed by atoms with van der Waals surface area (Å²) in [6.45, 7) is 2.13. The van der Waals surface area contributed by atoms with Crippen molar-refractivity contribution >= 4 is 11.9 Å². The van der Waals surface area contributed by atoms with Crippen molar-refractivity contribution in [2.45, 2.75) is 45.1 Å². The monoisotopic (exact) mass is 199 g/mol. The molecule has 80 valence electrons. The zero-order valence-corrected chi connectivity index (χ0v) is 8.54. The molecule has 1 aliphatic heterocycles. The largest absolute Gasteiger partial charge is 0.464 e. The maximum Gasteiger partial charge on any atom is 0.328 e. The van der Waals surface area contributed by atoms with Crippen LogP contribution in [0.4, 0.5) is 0 Å². The standard InChI is InChI=1S/C10H17NO3/c1-2-14-10(13)8-6-4-3-5-7-9(12)11-8/h8H,2-7H2,1H3,(H,11,12). The third kappa shape index (κ3) is 3.36. The zero-order chi connectivity index (χ0) is 10.4. The molecule has 1 amide bonds. The van der Waals surface area contributed by atoms with Gasteiger partial charge in [-0.1, -0.05) is 12.8 Å². The van der Waals surface area contributed by atoms with Crippen molar-refractivity contribution < 1.29 is 14.3 Å². The van der Waals surface area contributed by atoms with E-state index >= 15 is 0 Å². The van der Waals surface area contributed by atoms with Crippen molar-refractivity contribution in [2.75, 3.05) is 6.61 Å². The van der Waals surface area contributed by atoms with Crippen LogP contribution < -0.4 is 5.32 Å². The van der Waals surface area contributed by atoms with Gasteiger partial charge in [0.1, 0.15) is 6.04 Å². The van der Waals surface area contributed by atoms with E-state index in [1.807, 2.05) is 0 Å². The Morgan fingerprint density at radius 2 is 2.29 bits per heavy atom. The van der Waals surface area contributed by atoms with Gasteiger partial charge in [-0.2, -0.15) is 0 Å². The van der Waals surface area contributed by atoms with E-state index in [0.29, 0.717) is 19.4 Å². The smallest absolute Gasteiger partial charge is 0.328 e. The molecule has 1 unspecified atom stereocenters. The van der Waals surface area contributed by atoms with Gasteiger partial charge in [-0.25, -0.2) is 4.79 Å². The van der Waals surface area contributed by atoms with Crippen molar-refractivity contribution in [2.24, 2.45) is 0 Å². The number of carbonyl (C=O) groups excluding carboxylic acids is 2. The lowest BCUT2D eigenvalue weighted by Gasteiger charge is -2.19. The third-order valence-electron chi connectivity index (χ3n) is 2.30. The molecule has 1 atom stereocenters. The van der Waals surface area contributed by atoms with E-state index in [0.717, 1.165) is 19.3 Å². The van der Waals surface area contributed by atoms with Crippen LogP contribution in [0.15, 0.2) is 0 Å². The number of amides is 1. The maximum atomic E-state index is 11.4. The second-order valence-electron chi connectivity index (χ2n) is 3.47. The molecule has 0 radical (unpaired) electrons. The van der Waals surface area contributed by atoms with E-state index in [1.165, 1.54) is 0 Å². The van der Waals surface area contributed by atoms with Gasteiger partial charge >= 0.3 is 5.97 Å². The van der Waals surface area contributed by atoms with Crippen molar-refractivity contribution in [3.8, 4) is 0 Å². The highest BCUT2D eigenvalue weighted by molar-refractivity contribution is 5.84. The average molecular weight is 199 g/mol. The first-order valence-corrected chi connectivity index (χ1v) is 5.20. The van der Waals surface area contributed by atoms with Crippen molar-refractivity contribution in [1.29, 1.82) is 0 Å². The Kier molecular flexibility index (Phi) is 4.43. The number of rotatable bonds is 2. The number of nitrogens with one attached hydrogen (secondary N) is 1. The van der Waals surface area contributed by atoms with Crippen LogP contribution in [0.2, 0.25) is 0 Å². The van der Waals surface area contributed by atoms with Gasteiger partial charge in [0.2, 0.25) is 5.91 Å². The van der Waals surface area contributed by atoms with Gasteiger partial charge in [-0.05, 0) is 19.8 Å². The molecule has 1 aliphatic rings. The molecule has 1 fully saturated rings. The highest BCUT2D eigenvalue weighted by Gasteiger charge is 2.22. The summed E-state index contributed by atoms with van der Waals surface area (Å²) in [4.78, 5) is 22.6. The summed E-state index contributed by atoms with van der Waals surface area (Å²) in [5.41, 5.74) is 0.